The monoisotopic (exact) mass is 523 g/mol. The minimum Gasteiger partial charge on any atom is -0.486 e. The Morgan fingerprint density at radius 2 is 1.97 bits per heavy atom. The van der Waals surface area contributed by atoms with Crippen LogP contribution in [0.5, 0.6) is 5.75 Å². The van der Waals surface area contributed by atoms with Gasteiger partial charge in [-0.2, -0.15) is 5.10 Å². The highest BCUT2D eigenvalue weighted by Crippen LogP contribution is 2.40. The van der Waals surface area contributed by atoms with Crippen LogP contribution in [-0.4, -0.2) is 44.0 Å². The van der Waals surface area contributed by atoms with E-state index >= 15 is 0 Å². The lowest BCUT2D eigenvalue weighted by molar-refractivity contribution is 0.227. The third-order valence-corrected chi connectivity index (χ3v) is 7.74. The summed E-state index contributed by atoms with van der Waals surface area (Å²) in [5, 5.41) is 18.4. The van der Waals surface area contributed by atoms with Gasteiger partial charge in [0.2, 0.25) is 0 Å². The number of fused-ring (bicyclic) bond motifs is 1. The molecule has 6 rings (SSSR count). The molecule has 0 bridgehead atoms. The number of nitrogens with one attached hydrogen (secondary N) is 1. The Morgan fingerprint density at radius 1 is 1.17 bits per heavy atom. The van der Waals surface area contributed by atoms with Gasteiger partial charge in [-0.3, -0.25) is 10.1 Å². The number of aromatic amines is 1. The number of pyridine rings is 1. The van der Waals surface area contributed by atoms with E-state index in [9.17, 15) is 0 Å². The molecule has 2 fully saturated rings. The topological polar surface area (TPSA) is 106 Å². The lowest BCUT2D eigenvalue weighted by Crippen LogP contribution is -2.43. The van der Waals surface area contributed by atoms with Crippen LogP contribution in [0, 0.1) is 5.92 Å². The summed E-state index contributed by atoms with van der Waals surface area (Å²) in [5.41, 5.74) is 9.53. The Kier molecular flexibility index (Phi) is 5.98. The van der Waals surface area contributed by atoms with Crippen molar-refractivity contribution >= 4 is 39.9 Å². The summed E-state index contributed by atoms with van der Waals surface area (Å²) < 4.78 is 6.18. The van der Waals surface area contributed by atoms with Crippen LogP contribution in [0.3, 0.4) is 0 Å². The van der Waals surface area contributed by atoms with E-state index in [1.807, 2.05) is 37.3 Å². The van der Waals surface area contributed by atoms with Gasteiger partial charge in [0, 0.05) is 42.0 Å². The molecule has 2 aliphatic rings. The van der Waals surface area contributed by atoms with Crippen molar-refractivity contribution in [2.24, 2.45) is 11.7 Å². The maximum absolute atomic E-state index is 6.67. The molecule has 1 saturated heterocycles. The first kappa shape index (κ1) is 23.5. The Hall–Kier alpha value is -2.94. The molecule has 8 nitrogen and oxygen atoms in total. The third-order valence-electron chi connectivity index (χ3n) is 7.14. The second-order valence-electron chi connectivity index (χ2n) is 10.0. The molecule has 3 aromatic heterocycles. The van der Waals surface area contributed by atoms with E-state index in [0.29, 0.717) is 32.7 Å². The van der Waals surface area contributed by atoms with E-state index in [4.69, 9.17) is 33.7 Å². The van der Waals surface area contributed by atoms with Gasteiger partial charge in [-0.1, -0.05) is 36.0 Å². The predicted octanol–water partition coefficient (Wildman–Crippen LogP) is 5.57. The normalized spacial score (nSPS) is 20.7. The van der Waals surface area contributed by atoms with Crippen LogP contribution in [0.15, 0.2) is 42.7 Å². The smallest absolute Gasteiger partial charge is 0.151 e. The molecule has 36 heavy (non-hydrogen) atoms. The van der Waals surface area contributed by atoms with Crippen LogP contribution < -0.4 is 15.4 Å². The first-order valence-electron chi connectivity index (χ1n) is 12.2. The number of aromatic nitrogens is 5. The molecule has 2 atom stereocenters. The van der Waals surface area contributed by atoms with Crippen molar-refractivity contribution in [1.82, 2.24) is 25.4 Å². The molecule has 0 radical (unpaired) electrons. The van der Waals surface area contributed by atoms with Crippen LogP contribution in [0.1, 0.15) is 44.3 Å². The van der Waals surface area contributed by atoms with Crippen LogP contribution in [0.4, 0.5) is 5.82 Å². The quantitative estimate of drug-likeness (QED) is 0.326. The number of halogens is 2. The first-order valence-corrected chi connectivity index (χ1v) is 13.0. The number of rotatable bonds is 7. The third kappa shape index (κ3) is 4.61. The summed E-state index contributed by atoms with van der Waals surface area (Å²) in [5.74, 6) is 2.33. The average Bonchev–Trinajstić information content (AvgIpc) is 3.42. The minimum absolute atomic E-state index is 0.113. The SMILES string of the molecule is C[C@@H](Oc1ccc2[nH]nc(-c3ccc(N4CC[C@](N)(CC5CC5)C4)nn3)c2c1)c1c(Cl)cncc1Cl. The molecule has 186 valence electrons. The van der Waals surface area contributed by atoms with Crippen molar-refractivity contribution in [3.8, 4) is 17.1 Å². The molecule has 3 N–H and O–H groups in total. The van der Waals surface area contributed by atoms with Crippen LogP contribution in [0.25, 0.3) is 22.3 Å². The molecular formula is C26H27Cl2N7O. The van der Waals surface area contributed by atoms with Gasteiger partial charge >= 0.3 is 0 Å². The molecular weight excluding hydrogens is 497 g/mol. The van der Waals surface area contributed by atoms with Gasteiger partial charge in [0.25, 0.3) is 0 Å². The zero-order valence-corrected chi connectivity index (χ0v) is 21.4. The van der Waals surface area contributed by atoms with Gasteiger partial charge < -0.3 is 15.4 Å². The molecule has 1 aliphatic heterocycles. The van der Waals surface area contributed by atoms with Crippen LogP contribution in [-0.2, 0) is 0 Å². The molecule has 1 saturated carbocycles. The predicted molar refractivity (Wildman–Crippen MR) is 142 cm³/mol. The summed E-state index contributed by atoms with van der Waals surface area (Å²) in [4.78, 5) is 6.25. The maximum Gasteiger partial charge on any atom is 0.151 e. The van der Waals surface area contributed by atoms with E-state index < -0.39 is 0 Å². The lowest BCUT2D eigenvalue weighted by atomic mass is 9.93. The van der Waals surface area contributed by atoms with Crippen molar-refractivity contribution in [1.29, 1.82) is 0 Å². The number of hydrogen-bond acceptors (Lipinski definition) is 7. The van der Waals surface area contributed by atoms with Crippen molar-refractivity contribution in [3.63, 3.8) is 0 Å². The Labute approximate surface area is 219 Å². The average molecular weight is 524 g/mol. The van der Waals surface area contributed by atoms with Crippen molar-refractivity contribution in [2.45, 2.75) is 44.2 Å². The van der Waals surface area contributed by atoms with Gasteiger partial charge in [0.1, 0.15) is 23.2 Å². The van der Waals surface area contributed by atoms with E-state index in [1.165, 1.54) is 12.8 Å². The highest BCUT2D eigenvalue weighted by atomic mass is 35.5. The molecule has 1 aliphatic carbocycles. The zero-order valence-electron chi connectivity index (χ0n) is 19.9. The number of nitrogens with zero attached hydrogens (tertiary/aromatic N) is 5. The maximum atomic E-state index is 6.67. The van der Waals surface area contributed by atoms with E-state index in [1.54, 1.807) is 12.4 Å². The molecule has 0 unspecified atom stereocenters. The summed E-state index contributed by atoms with van der Waals surface area (Å²) in [6, 6.07) is 9.71. The first-order chi connectivity index (χ1) is 17.4. The Morgan fingerprint density at radius 3 is 2.69 bits per heavy atom. The van der Waals surface area contributed by atoms with E-state index in [2.05, 4.69) is 30.3 Å². The number of H-pyrrole nitrogens is 1. The van der Waals surface area contributed by atoms with Crippen LogP contribution in [0.2, 0.25) is 10.0 Å². The molecule has 0 spiro atoms. The number of ether oxygens (including phenoxy) is 1. The molecule has 1 aromatic carbocycles. The van der Waals surface area contributed by atoms with E-state index in [0.717, 1.165) is 48.6 Å². The highest BCUT2D eigenvalue weighted by Gasteiger charge is 2.39. The highest BCUT2D eigenvalue weighted by molar-refractivity contribution is 6.35. The minimum atomic E-state index is -0.366. The summed E-state index contributed by atoms with van der Waals surface area (Å²) >= 11 is 12.6. The molecule has 10 heteroatoms. The van der Waals surface area contributed by atoms with Crippen molar-refractivity contribution in [3.05, 3.63) is 58.3 Å². The van der Waals surface area contributed by atoms with Gasteiger partial charge in [-0.15, -0.1) is 10.2 Å². The van der Waals surface area contributed by atoms with Gasteiger partial charge in [-0.25, -0.2) is 0 Å². The second kappa shape index (κ2) is 9.18. The number of anilines is 1. The lowest BCUT2D eigenvalue weighted by Gasteiger charge is -2.24. The Balaban J connectivity index is 1.21. The van der Waals surface area contributed by atoms with Crippen LogP contribution >= 0.6 is 23.2 Å². The molecule has 0 amide bonds. The summed E-state index contributed by atoms with van der Waals surface area (Å²) in [6.45, 7) is 3.64. The van der Waals surface area contributed by atoms with Gasteiger partial charge in [-0.05, 0) is 56.0 Å². The fourth-order valence-corrected chi connectivity index (χ4v) is 5.78. The summed E-state index contributed by atoms with van der Waals surface area (Å²) in [6.07, 6.45) is 7.50. The van der Waals surface area contributed by atoms with E-state index in [-0.39, 0.29) is 11.6 Å². The second-order valence-corrected chi connectivity index (χ2v) is 10.8. The number of nitrogens with two attached hydrogens (primary N) is 1. The fourth-order valence-electron chi connectivity index (χ4n) is 5.11. The van der Waals surface area contributed by atoms with Crippen molar-refractivity contribution in [2.75, 3.05) is 18.0 Å². The fraction of sp³-hybridized carbons (Fsp3) is 0.385. The largest absolute Gasteiger partial charge is 0.486 e. The van der Waals surface area contributed by atoms with Gasteiger partial charge in [0.05, 0.1) is 15.6 Å². The number of benzene rings is 1. The number of hydrogen-bond donors (Lipinski definition) is 2. The summed E-state index contributed by atoms with van der Waals surface area (Å²) in [7, 11) is 0. The molecule has 4 aromatic rings. The standard InChI is InChI=1S/C26H27Cl2N7O/c1-15(24-19(27)12-30-13-20(24)28)36-17-4-5-21-18(10-17)25(34-31-21)22-6-7-23(33-32-22)35-9-8-26(29,14-35)11-16-2-3-16/h4-7,10,12-13,15-16H,2-3,8-9,11,14,29H2,1H3,(H,31,34)/t15-,26+/m1/s1. The van der Waals surface area contributed by atoms with Crippen molar-refractivity contribution < 1.29 is 4.74 Å². The molecule has 4 heterocycles. The zero-order chi connectivity index (χ0) is 24.9. The Bertz CT molecular complexity index is 1390. The van der Waals surface area contributed by atoms with Gasteiger partial charge in [0.15, 0.2) is 5.82 Å².